The van der Waals surface area contributed by atoms with Gasteiger partial charge in [0.05, 0.1) is 12.8 Å². The molecule has 4 heterocycles. The van der Waals surface area contributed by atoms with E-state index in [1.807, 2.05) is 20.9 Å². The Hall–Kier alpha value is -1.93. The summed E-state index contributed by atoms with van der Waals surface area (Å²) in [6.45, 7) is 2.97. The summed E-state index contributed by atoms with van der Waals surface area (Å²) in [7, 11) is 1.45. The number of fused-ring (bicyclic) bond motifs is 1. The van der Waals surface area contributed by atoms with Crippen molar-refractivity contribution in [1.82, 2.24) is 19.2 Å². The van der Waals surface area contributed by atoms with E-state index >= 15 is 0 Å². The molecule has 2 aromatic heterocycles. The molecule has 4 rings (SSSR count). The zero-order chi connectivity index (χ0) is 20.2. The summed E-state index contributed by atoms with van der Waals surface area (Å²) in [6.07, 6.45) is 10.6. The zero-order valence-electron chi connectivity index (χ0n) is 17.1. The van der Waals surface area contributed by atoms with Crippen LogP contribution in [0.5, 0.6) is 0 Å². The van der Waals surface area contributed by atoms with Crippen LogP contribution in [0.4, 0.5) is 0 Å². The Kier molecular flexibility index (Phi) is 6.50. The summed E-state index contributed by atoms with van der Waals surface area (Å²) in [5, 5.41) is 1.99. The number of aromatic nitrogens is 2. The van der Waals surface area contributed by atoms with E-state index in [1.165, 1.54) is 37.7 Å². The number of carbonyl (C=O) groups is 2. The first-order chi connectivity index (χ1) is 14.2. The lowest BCUT2D eigenvalue weighted by atomic mass is 10.0. The molecule has 2 aromatic rings. The average Bonchev–Trinajstić information content (AvgIpc) is 3.30. The van der Waals surface area contributed by atoms with Crippen LogP contribution in [0.2, 0.25) is 0 Å². The smallest absolute Gasteiger partial charge is 0.323 e. The van der Waals surface area contributed by atoms with Crippen LogP contribution in [0.3, 0.4) is 0 Å². The lowest BCUT2D eigenvalue weighted by Crippen LogP contribution is -2.45. The highest BCUT2D eigenvalue weighted by atomic mass is 32.1. The molecule has 0 aromatic carbocycles. The third-order valence-electron chi connectivity index (χ3n) is 6.15. The van der Waals surface area contributed by atoms with Crippen LogP contribution in [0.25, 0.3) is 4.96 Å². The van der Waals surface area contributed by atoms with Gasteiger partial charge in [-0.05, 0) is 32.2 Å². The third-order valence-corrected chi connectivity index (χ3v) is 6.90. The molecule has 29 heavy (non-hydrogen) atoms. The first-order valence-electron chi connectivity index (χ1n) is 10.7. The maximum Gasteiger partial charge on any atom is 0.323 e. The molecule has 2 saturated heterocycles. The lowest BCUT2D eigenvalue weighted by Gasteiger charge is -2.33. The van der Waals surface area contributed by atoms with E-state index < -0.39 is 0 Å². The van der Waals surface area contributed by atoms with E-state index in [-0.39, 0.29) is 17.9 Å². The number of piperidine rings is 1. The van der Waals surface area contributed by atoms with Crippen molar-refractivity contribution in [2.45, 2.75) is 64.0 Å². The number of ether oxygens (including phenoxy) is 1. The SMILES string of the molecule is COC(=O)[C@@H]1CCCCN1Cc1c(C(=O)N2CCCCCCC2)nc2sccn12. The fraction of sp³-hybridized carbons (Fsp3) is 0.667. The Morgan fingerprint density at radius 3 is 2.59 bits per heavy atom. The first kappa shape index (κ1) is 20.3. The molecule has 0 bridgehead atoms. The average molecular weight is 419 g/mol. The van der Waals surface area contributed by atoms with Gasteiger partial charge in [0.2, 0.25) is 0 Å². The number of imidazole rings is 1. The van der Waals surface area contributed by atoms with Crippen molar-refractivity contribution in [3.05, 3.63) is 23.0 Å². The number of thiazole rings is 1. The highest BCUT2D eigenvalue weighted by Gasteiger charge is 2.32. The van der Waals surface area contributed by atoms with Crippen LogP contribution in [-0.4, -0.2) is 63.8 Å². The van der Waals surface area contributed by atoms with Gasteiger partial charge < -0.3 is 9.64 Å². The molecule has 1 atom stereocenters. The number of rotatable bonds is 4. The molecule has 2 aliphatic rings. The van der Waals surface area contributed by atoms with Gasteiger partial charge in [0.1, 0.15) is 6.04 Å². The van der Waals surface area contributed by atoms with Gasteiger partial charge >= 0.3 is 5.97 Å². The number of methoxy groups -OCH3 is 1. The van der Waals surface area contributed by atoms with E-state index in [4.69, 9.17) is 9.72 Å². The normalized spacial score (nSPS) is 21.7. The van der Waals surface area contributed by atoms with E-state index in [9.17, 15) is 9.59 Å². The van der Waals surface area contributed by atoms with Crippen molar-refractivity contribution in [2.24, 2.45) is 0 Å². The quantitative estimate of drug-likeness (QED) is 0.713. The van der Waals surface area contributed by atoms with E-state index in [2.05, 4.69) is 4.90 Å². The largest absolute Gasteiger partial charge is 0.468 e. The Morgan fingerprint density at radius 1 is 1.10 bits per heavy atom. The van der Waals surface area contributed by atoms with Crippen molar-refractivity contribution in [1.29, 1.82) is 0 Å². The highest BCUT2D eigenvalue weighted by molar-refractivity contribution is 7.15. The molecule has 7 nitrogen and oxygen atoms in total. The molecule has 0 spiro atoms. The van der Waals surface area contributed by atoms with Crippen LogP contribution < -0.4 is 0 Å². The monoisotopic (exact) mass is 418 g/mol. The fourth-order valence-electron chi connectivity index (χ4n) is 4.53. The Labute approximate surface area is 175 Å². The number of nitrogens with zero attached hydrogens (tertiary/aromatic N) is 4. The number of hydrogen-bond donors (Lipinski definition) is 0. The van der Waals surface area contributed by atoms with Gasteiger partial charge in [0.25, 0.3) is 5.91 Å². The standard InChI is InChI=1S/C21H30N4O3S/c1-28-20(27)16-9-5-8-12-24(16)15-17-18(22-21-25(17)13-14-29-21)19(26)23-10-6-3-2-4-7-11-23/h13-14,16H,2-12,15H2,1H3/t16-/m0/s1. The fourth-order valence-corrected chi connectivity index (χ4v) is 5.26. The molecule has 0 unspecified atom stereocenters. The predicted octanol–water partition coefficient (Wildman–Crippen LogP) is 3.33. The van der Waals surface area contributed by atoms with Gasteiger partial charge in [-0.3, -0.25) is 18.9 Å². The van der Waals surface area contributed by atoms with Crippen LogP contribution in [0.15, 0.2) is 11.6 Å². The van der Waals surface area contributed by atoms with Crippen LogP contribution in [-0.2, 0) is 16.1 Å². The van der Waals surface area contributed by atoms with Gasteiger partial charge in [0, 0.05) is 31.2 Å². The summed E-state index contributed by atoms with van der Waals surface area (Å²) >= 11 is 1.54. The van der Waals surface area contributed by atoms with Gasteiger partial charge in [-0.15, -0.1) is 11.3 Å². The van der Waals surface area contributed by atoms with Crippen molar-refractivity contribution in [2.75, 3.05) is 26.7 Å². The Bertz CT molecular complexity index is 853. The molecule has 0 N–H and O–H groups in total. The van der Waals surface area contributed by atoms with Gasteiger partial charge in [-0.2, -0.15) is 0 Å². The third kappa shape index (κ3) is 4.33. The molecule has 158 valence electrons. The number of likely N-dealkylation sites (tertiary alicyclic amines) is 2. The molecule has 8 heteroatoms. The molecule has 2 aliphatic heterocycles. The van der Waals surface area contributed by atoms with Gasteiger partial charge in [0.15, 0.2) is 10.7 Å². The van der Waals surface area contributed by atoms with Crippen molar-refractivity contribution in [3.63, 3.8) is 0 Å². The summed E-state index contributed by atoms with van der Waals surface area (Å²) in [5.74, 6) is -0.156. The highest BCUT2D eigenvalue weighted by Crippen LogP contribution is 2.25. The number of amides is 1. The topological polar surface area (TPSA) is 67.2 Å². The summed E-state index contributed by atoms with van der Waals surface area (Å²) < 4.78 is 7.05. The minimum Gasteiger partial charge on any atom is -0.468 e. The lowest BCUT2D eigenvalue weighted by molar-refractivity contribution is -0.148. The number of esters is 1. The van der Waals surface area contributed by atoms with Crippen LogP contribution in [0.1, 0.15) is 67.5 Å². The van der Waals surface area contributed by atoms with Crippen LogP contribution >= 0.6 is 11.3 Å². The number of hydrogen-bond acceptors (Lipinski definition) is 6. The second-order valence-electron chi connectivity index (χ2n) is 8.03. The maximum absolute atomic E-state index is 13.4. The predicted molar refractivity (Wildman–Crippen MR) is 112 cm³/mol. The molecular weight excluding hydrogens is 388 g/mol. The minimum absolute atomic E-state index is 0.0319. The summed E-state index contributed by atoms with van der Waals surface area (Å²) in [6, 6.07) is -0.248. The summed E-state index contributed by atoms with van der Waals surface area (Å²) in [5.41, 5.74) is 1.44. The Balaban J connectivity index is 1.62. The van der Waals surface area contributed by atoms with Crippen molar-refractivity contribution >= 4 is 28.2 Å². The zero-order valence-corrected chi connectivity index (χ0v) is 18.0. The summed E-state index contributed by atoms with van der Waals surface area (Å²) in [4.78, 5) is 35.4. The molecule has 0 radical (unpaired) electrons. The first-order valence-corrected chi connectivity index (χ1v) is 11.6. The molecular formula is C21H30N4O3S. The van der Waals surface area contributed by atoms with Crippen LogP contribution in [0, 0.1) is 0 Å². The Morgan fingerprint density at radius 2 is 1.83 bits per heavy atom. The van der Waals surface area contributed by atoms with E-state index in [0.29, 0.717) is 12.2 Å². The molecule has 2 fully saturated rings. The van der Waals surface area contributed by atoms with Crippen molar-refractivity contribution < 1.29 is 14.3 Å². The van der Waals surface area contributed by atoms with Gasteiger partial charge in [-0.1, -0.05) is 25.7 Å². The maximum atomic E-state index is 13.4. The van der Waals surface area contributed by atoms with Crippen molar-refractivity contribution in [3.8, 4) is 0 Å². The number of carbonyl (C=O) groups excluding carboxylic acids is 2. The molecule has 0 aliphatic carbocycles. The second-order valence-corrected chi connectivity index (χ2v) is 8.90. The minimum atomic E-state index is -0.248. The van der Waals surface area contributed by atoms with E-state index in [0.717, 1.165) is 62.4 Å². The van der Waals surface area contributed by atoms with E-state index in [1.54, 1.807) is 0 Å². The van der Waals surface area contributed by atoms with Gasteiger partial charge in [-0.25, -0.2) is 4.98 Å². The second kappa shape index (κ2) is 9.26. The molecule has 0 saturated carbocycles. The molecule has 1 amide bonds.